The minimum atomic E-state index is -0.139. The Morgan fingerprint density at radius 1 is 1.32 bits per heavy atom. The predicted octanol–water partition coefficient (Wildman–Crippen LogP) is 2.61. The number of nitrogens with one attached hydrogen (secondary N) is 1. The smallest absolute Gasteiger partial charge is 0.227 e. The van der Waals surface area contributed by atoms with Gasteiger partial charge in [-0.2, -0.15) is 5.10 Å². The first-order valence-electron chi connectivity index (χ1n) is 8.15. The van der Waals surface area contributed by atoms with Gasteiger partial charge in [-0.15, -0.1) is 12.4 Å². The lowest BCUT2D eigenvalue weighted by atomic mass is 9.99. The summed E-state index contributed by atoms with van der Waals surface area (Å²) in [4.78, 5) is 12.4. The quantitative estimate of drug-likeness (QED) is 0.789. The maximum atomic E-state index is 12.4. The average Bonchev–Trinajstić information content (AvgIpc) is 2.80. The molecule has 6 nitrogen and oxygen atoms in total. The highest BCUT2D eigenvalue weighted by Crippen LogP contribution is 2.19. The molecule has 0 saturated carbocycles. The Morgan fingerprint density at radius 3 is 2.48 bits per heavy atom. The number of hydrogen-bond donors (Lipinski definition) is 2. The van der Waals surface area contributed by atoms with E-state index in [-0.39, 0.29) is 24.2 Å². The maximum absolute atomic E-state index is 12.4. The number of ether oxygens (including phenoxy) is 1. The number of rotatable bonds is 7. The summed E-state index contributed by atoms with van der Waals surface area (Å²) in [6.07, 6.45) is 0.676. The van der Waals surface area contributed by atoms with E-state index in [0.29, 0.717) is 19.6 Å². The van der Waals surface area contributed by atoms with Crippen LogP contribution in [-0.4, -0.2) is 28.8 Å². The molecule has 7 heteroatoms. The molecule has 0 aliphatic heterocycles. The Hall–Kier alpha value is -2.05. The van der Waals surface area contributed by atoms with E-state index in [1.807, 2.05) is 56.8 Å². The number of nitrogens with two attached hydrogens (primary N) is 1. The number of anilines is 1. The van der Waals surface area contributed by atoms with E-state index in [1.54, 1.807) is 0 Å². The molecule has 1 atom stereocenters. The number of carbonyl (C=O) groups excluding carboxylic acids is 1. The highest BCUT2D eigenvalue weighted by Gasteiger charge is 2.18. The fraction of sp³-hybridized carbons (Fsp3) is 0.444. The minimum absolute atomic E-state index is 0. The fourth-order valence-electron chi connectivity index (χ4n) is 2.59. The van der Waals surface area contributed by atoms with Crippen molar-refractivity contribution in [2.75, 3.05) is 18.5 Å². The van der Waals surface area contributed by atoms with Crippen molar-refractivity contribution in [3.05, 3.63) is 41.2 Å². The van der Waals surface area contributed by atoms with Crippen LogP contribution in [0.3, 0.4) is 0 Å². The summed E-state index contributed by atoms with van der Waals surface area (Å²) in [7, 11) is 1.92. The molecule has 1 unspecified atom stereocenters. The van der Waals surface area contributed by atoms with Gasteiger partial charge >= 0.3 is 0 Å². The number of aryl methyl sites for hydroxylation is 2. The highest BCUT2D eigenvalue weighted by atomic mass is 35.5. The Kier molecular flexibility index (Phi) is 7.93. The lowest BCUT2D eigenvalue weighted by Gasteiger charge is -2.13. The van der Waals surface area contributed by atoms with Crippen molar-refractivity contribution in [1.29, 1.82) is 0 Å². The van der Waals surface area contributed by atoms with Gasteiger partial charge in [0.15, 0.2) is 0 Å². The number of aromatic nitrogens is 2. The van der Waals surface area contributed by atoms with Gasteiger partial charge in [-0.25, -0.2) is 0 Å². The van der Waals surface area contributed by atoms with Crippen LogP contribution in [0.15, 0.2) is 24.3 Å². The maximum Gasteiger partial charge on any atom is 0.227 e. The van der Waals surface area contributed by atoms with Crippen LogP contribution >= 0.6 is 12.4 Å². The van der Waals surface area contributed by atoms with Crippen molar-refractivity contribution in [1.82, 2.24) is 9.78 Å². The lowest BCUT2D eigenvalue weighted by molar-refractivity contribution is -0.119. The number of carbonyl (C=O) groups is 1. The molecular weight excluding hydrogens is 340 g/mol. The summed E-state index contributed by atoms with van der Waals surface area (Å²) < 4.78 is 7.28. The Bertz CT molecular complexity index is 698. The topological polar surface area (TPSA) is 82.2 Å². The van der Waals surface area contributed by atoms with E-state index < -0.39 is 0 Å². The number of benzene rings is 1. The van der Waals surface area contributed by atoms with Gasteiger partial charge in [-0.1, -0.05) is 6.92 Å². The van der Waals surface area contributed by atoms with Crippen molar-refractivity contribution in [3.63, 3.8) is 0 Å². The first-order valence-corrected chi connectivity index (χ1v) is 8.15. The summed E-state index contributed by atoms with van der Waals surface area (Å²) in [5, 5.41) is 7.35. The zero-order chi connectivity index (χ0) is 17.7. The van der Waals surface area contributed by atoms with E-state index >= 15 is 0 Å². The summed E-state index contributed by atoms with van der Waals surface area (Å²) in [5.41, 5.74) is 9.39. The van der Waals surface area contributed by atoms with Crippen LogP contribution < -0.4 is 15.8 Å². The molecule has 0 bridgehead atoms. The number of amides is 1. The molecule has 25 heavy (non-hydrogen) atoms. The molecule has 0 aliphatic carbocycles. The summed E-state index contributed by atoms with van der Waals surface area (Å²) in [5.74, 6) is 0.598. The molecule has 1 amide bonds. The molecule has 138 valence electrons. The molecule has 0 saturated heterocycles. The van der Waals surface area contributed by atoms with Crippen molar-refractivity contribution >= 4 is 24.0 Å². The number of hydrogen-bond acceptors (Lipinski definition) is 4. The molecule has 0 radical (unpaired) electrons. The SMILES string of the molecule is Cc1nn(C)c(C)c1CC(C)C(=O)Nc1ccc(OCCN)cc1.Cl. The molecule has 2 aromatic rings. The monoisotopic (exact) mass is 366 g/mol. The van der Waals surface area contributed by atoms with Gasteiger partial charge in [0.1, 0.15) is 12.4 Å². The summed E-state index contributed by atoms with van der Waals surface area (Å²) in [6.45, 7) is 6.89. The molecule has 0 spiro atoms. The van der Waals surface area contributed by atoms with Crippen molar-refractivity contribution in [2.45, 2.75) is 27.2 Å². The fourth-order valence-corrected chi connectivity index (χ4v) is 2.59. The molecule has 0 aliphatic rings. The van der Waals surface area contributed by atoms with Crippen LogP contribution in [-0.2, 0) is 18.3 Å². The molecule has 1 heterocycles. The van der Waals surface area contributed by atoms with E-state index in [0.717, 1.165) is 28.4 Å². The van der Waals surface area contributed by atoms with Gasteiger partial charge in [0, 0.05) is 30.9 Å². The second-order valence-electron chi connectivity index (χ2n) is 6.03. The molecule has 0 fully saturated rings. The Balaban J connectivity index is 0.00000312. The summed E-state index contributed by atoms with van der Waals surface area (Å²) in [6, 6.07) is 7.31. The van der Waals surface area contributed by atoms with E-state index in [2.05, 4.69) is 10.4 Å². The van der Waals surface area contributed by atoms with Gasteiger partial charge in [0.2, 0.25) is 5.91 Å². The molecule has 3 N–H and O–H groups in total. The van der Waals surface area contributed by atoms with Crippen molar-refractivity contribution in [2.24, 2.45) is 18.7 Å². The third-order valence-electron chi connectivity index (χ3n) is 4.13. The summed E-state index contributed by atoms with van der Waals surface area (Å²) >= 11 is 0. The second-order valence-corrected chi connectivity index (χ2v) is 6.03. The van der Waals surface area contributed by atoms with Gasteiger partial charge in [-0.3, -0.25) is 9.48 Å². The van der Waals surface area contributed by atoms with Crippen LogP contribution in [0.2, 0.25) is 0 Å². The molecule has 2 rings (SSSR count). The first-order chi connectivity index (χ1) is 11.4. The second kappa shape index (κ2) is 9.44. The highest BCUT2D eigenvalue weighted by molar-refractivity contribution is 5.92. The molecule has 1 aromatic heterocycles. The zero-order valence-corrected chi connectivity index (χ0v) is 16.0. The van der Waals surface area contributed by atoms with Crippen LogP contribution in [0, 0.1) is 19.8 Å². The third kappa shape index (κ3) is 5.47. The van der Waals surface area contributed by atoms with Gasteiger partial charge in [0.05, 0.1) is 5.69 Å². The van der Waals surface area contributed by atoms with Crippen LogP contribution in [0.4, 0.5) is 5.69 Å². The largest absolute Gasteiger partial charge is 0.492 e. The third-order valence-corrected chi connectivity index (χ3v) is 4.13. The van der Waals surface area contributed by atoms with Crippen molar-refractivity contribution in [3.8, 4) is 5.75 Å². The number of halogens is 1. The van der Waals surface area contributed by atoms with Crippen molar-refractivity contribution < 1.29 is 9.53 Å². The van der Waals surface area contributed by atoms with E-state index in [9.17, 15) is 4.79 Å². The van der Waals surface area contributed by atoms with Crippen LogP contribution in [0.5, 0.6) is 5.75 Å². The van der Waals surface area contributed by atoms with Gasteiger partial charge in [-0.05, 0) is 50.1 Å². The zero-order valence-electron chi connectivity index (χ0n) is 15.2. The van der Waals surface area contributed by atoms with E-state index in [1.165, 1.54) is 0 Å². The standard InChI is InChI=1S/C18H26N4O2.ClH/c1-12(11-17-13(2)21-22(4)14(17)3)18(23)20-15-5-7-16(8-6-15)24-10-9-19;/h5-8,12H,9-11,19H2,1-4H3,(H,20,23);1H. The molecule has 1 aromatic carbocycles. The number of nitrogens with zero attached hydrogens (tertiary/aromatic N) is 2. The van der Waals surface area contributed by atoms with Crippen LogP contribution in [0.1, 0.15) is 23.9 Å². The minimum Gasteiger partial charge on any atom is -0.492 e. The Labute approximate surface area is 155 Å². The van der Waals surface area contributed by atoms with Gasteiger partial charge in [0.25, 0.3) is 0 Å². The Morgan fingerprint density at radius 2 is 1.96 bits per heavy atom. The molecular formula is C18H27ClN4O2. The van der Waals surface area contributed by atoms with E-state index in [4.69, 9.17) is 10.5 Å². The predicted molar refractivity (Wildman–Crippen MR) is 102 cm³/mol. The lowest BCUT2D eigenvalue weighted by Crippen LogP contribution is -2.22. The average molecular weight is 367 g/mol. The first kappa shape index (κ1) is 21.0. The van der Waals surface area contributed by atoms with Gasteiger partial charge < -0.3 is 15.8 Å². The van der Waals surface area contributed by atoms with Crippen LogP contribution in [0.25, 0.3) is 0 Å². The normalized spacial score (nSPS) is 11.6.